The van der Waals surface area contributed by atoms with Gasteiger partial charge in [0.05, 0.1) is 6.61 Å². The first kappa shape index (κ1) is 13.9. The Morgan fingerprint density at radius 3 is 2.61 bits per heavy atom. The van der Waals surface area contributed by atoms with E-state index in [-0.39, 0.29) is 12.1 Å². The van der Waals surface area contributed by atoms with Gasteiger partial charge in [0.2, 0.25) is 0 Å². The Morgan fingerprint density at radius 2 is 2.00 bits per heavy atom. The second kappa shape index (κ2) is 6.05. The molecule has 0 saturated heterocycles. The average Bonchev–Trinajstić information content (AvgIpc) is 2.39. The van der Waals surface area contributed by atoms with Crippen LogP contribution in [-0.4, -0.2) is 17.3 Å². The van der Waals surface area contributed by atoms with Crippen molar-refractivity contribution in [1.29, 1.82) is 0 Å². The van der Waals surface area contributed by atoms with Gasteiger partial charge in [-0.05, 0) is 43.0 Å². The van der Waals surface area contributed by atoms with Crippen molar-refractivity contribution in [2.24, 2.45) is 0 Å². The van der Waals surface area contributed by atoms with Gasteiger partial charge in [-0.15, -0.1) is 0 Å². The number of rotatable bonds is 4. The van der Waals surface area contributed by atoms with Gasteiger partial charge < -0.3 is 10.4 Å². The molecule has 0 bridgehead atoms. The summed E-state index contributed by atoms with van der Waals surface area (Å²) in [6.07, 6.45) is 5.88. The highest BCUT2D eigenvalue weighted by atomic mass is 35.5. The summed E-state index contributed by atoms with van der Waals surface area (Å²) in [4.78, 5) is 0. The highest BCUT2D eigenvalue weighted by Gasteiger charge is 2.30. The molecule has 1 aliphatic rings. The molecule has 0 radical (unpaired) electrons. The average molecular weight is 268 g/mol. The fraction of sp³-hybridized carbons (Fsp3) is 0.600. The smallest absolute Gasteiger partial charge is 0.0613 e. The fourth-order valence-electron chi connectivity index (χ4n) is 2.76. The van der Waals surface area contributed by atoms with Gasteiger partial charge in [0, 0.05) is 17.1 Å². The number of aliphatic hydroxyl groups excluding tert-OH is 1. The topological polar surface area (TPSA) is 32.3 Å². The zero-order valence-corrected chi connectivity index (χ0v) is 11.8. The van der Waals surface area contributed by atoms with Crippen molar-refractivity contribution in [3.63, 3.8) is 0 Å². The van der Waals surface area contributed by atoms with Crippen molar-refractivity contribution < 1.29 is 5.11 Å². The maximum atomic E-state index is 9.65. The number of aliphatic hydroxyl groups is 1. The number of aryl methyl sites for hydroxylation is 1. The van der Waals surface area contributed by atoms with Crippen molar-refractivity contribution in [3.05, 3.63) is 34.3 Å². The molecule has 2 rings (SSSR count). The summed E-state index contributed by atoms with van der Waals surface area (Å²) in [6, 6.07) is 5.99. The minimum absolute atomic E-state index is 0.0652. The van der Waals surface area contributed by atoms with Gasteiger partial charge in [-0.3, -0.25) is 0 Å². The van der Waals surface area contributed by atoms with Crippen LogP contribution in [0.4, 0.5) is 0 Å². The molecule has 100 valence electrons. The minimum Gasteiger partial charge on any atom is -0.394 e. The first-order valence-electron chi connectivity index (χ1n) is 6.76. The molecule has 0 aliphatic heterocycles. The molecule has 1 saturated carbocycles. The molecule has 1 aliphatic carbocycles. The van der Waals surface area contributed by atoms with Crippen LogP contribution >= 0.6 is 11.6 Å². The van der Waals surface area contributed by atoms with E-state index >= 15 is 0 Å². The normalized spacial score (nSPS) is 18.8. The van der Waals surface area contributed by atoms with Crippen molar-refractivity contribution in [2.75, 3.05) is 6.61 Å². The number of nitrogens with one attached hydrogen (secondary N) is 1. The van der Waals surface area contributed by atoms with Crippen LogP contribution in [0.2, 0.25) is 5.02 Å². The summed E-state index contributed by atoms with van der Waals surface area (Å²) in [7, 11) is 0. The number of hydrogen-bond donors (Lipinski definition) is 2. The van der Waals surface area contributed by atoms with Gasteiger partial charge in [0.15, 0.2) is 0 Å². The summed E-state index contributed by atoms with van der Waals surface area (Å²) < 4.78 is 0. The maximum absolute atomic E-state index is 9.65. The quantitative estimate of drug-likeness (QED) is 0.876. The van der Waals surface area contributed by atoms with Gasteiger partial charge in [0.25, 0.3) is 0 Å². The Labute approximate surface area is 114 Å². The zero-order chi connectivity index (χ0) is 13.0. The van der Waals surface area contributed by atoms with E-state index in [9.17, 15) is 5.11 Å². The van der Waals surface area contributed by atoms with Gasteiger partial charge in [-0.1, -0.05) is 36.9 Å². The Kier molecular flexibility index (Phi) is 4.66. The molecule has 0 spiro atoms. The van der Waals surface area contributed by atoms with E-state index in [1.807, 2.05) is 12.1 Å². The van der Waals surface area contributed by atoms with Crippen molar-refractivity contribution in [3.8, 4) is 0 Å². The zero-order valence-electron chi connectivity index (χ0n) is 11.0. The molecule has 2 nitrogen and oxygen atoms in total. The van der Waals surface area contributed by atoms with E-state index in [2.05, 4.69) is 18.3 Å². The molecule has 3 heteroatoms. The van der Waals surface area contributed by atoms with Crippen LogP contribution in [0, 0.1) is 6.92 Å². The Bertz CT molecular complexity index is 399. The third-order valence-electron chi connectivity index (χ3n) is 4.07. The van der Waals surface area contributed by atoms with E-state index in [1.54, 1.807) is 0 Å². The Hall–Kier alpha value is -0.570. The predicted octanol–water partition coefficient (Wildman–Crippen LogP) is 3.43. The van der Waals surface area contributed by atoms with E-state index in [0.717, 1.165) is 24.4 Å². The lowest BCUT2D eigenvalue weighted by Gasteiger charge is -2.37. The molecule has 0 aromatic heterocycles. The Balaban J connectivity index is 2.01. The molecule has 0 heterocycles. The third kappa shape index (κ3) is 3.25. The van der Waals surface area contributed by atoms with Crippen LogP contribution < -0.4 is 5.32 Å². The van der Waals surface area contributed by atoms with Crippen LogP contribution in [0.3, 0.4) is 0 Å². The van der Waals surface area contributed by atoms with E-state index in [0.29, 0.717) is 0 Å². The molecule has 1 aromatic carbocycles. The van der Waals surface area contributed by atoms with Crippen LogP contribution in [0.5, 0.6) is 0 Å². The number of hydrogen-bond acceptors (Lipinski definition) is 2. The SMILES string of the molecule is Cc1cc(Cl)ccc1CNC1(CO)CCCCC1. The lowest BCUT2D eigenvalue weighted by molar-refractivity contribution is 0.119. The van der Waals surface area contributed by atoms with Gasteiger partial charge >= 0.3 is 0 Å². The van der Waals surface area contributed by atoms with Gasteiger partial charge in [0.1, 0.15) is 0 Å². The molecule has 18 heavy (non-hydrogen) atoms. The molecule has 1 aromatic rings. The molecule has 0 atom stereocenters. The largest absolute Gasteiger partial charge is 0.394 e. The maximum Gasteiger partial charge on any atom is 0.0613 e. The van der Waals surface area contributed by atoms with E-state index in [1.165, 1.54) is 30.4 Å². The molecular weight excluding hydrogens is 246 g/mol. The molecule has 0 amide bonds. The lowest BCUT2D eigenvalue weighted by atomic mass is 9.82. The van der Waals surface area contributed by atoms with Crippen LogP contribution in [0.15, 0.2) is 18.2 Å². The second-order valence-corrected chi connectivity index (χ2v) is 5.86. The first-order valence-corrected chi connectivity index (χ1v) is 7.14. The molecule has 1 fully saturated rings. The van der Waals surface area contributed by atoms with Crippen LogP contribution in [0.25, 0.3) is 0 Å². The van der Waals surface area contributed by atoms with Gasteiger partial charge in [-0.2, -0.15) is 0 Å². The number of benzene rings is 1. The summed E-state index contributed by atoms with van der Waals surface area (Å²) in [5.41, 5.74) is 2.40. The lowest BCUT2D eigenvalue weighted by Crippen LogP contribution is -2.49. The van der Waals surface area contributed by atoms with Crippen molar-refractivity contribution in [2.45, 2.75) is 51.1 Å². The predicted molar refractivity (Wildman–Crippen MR) is 75.9 cm³/mol. The van der Waals surface area contributed by atoms with Crippen molar-refractivity contribution >= 4 is 11.6 Å². The van der Waals surface area contributed by atoms with Crippen LogP contribution in [-0.2, 0) is 6.54 Å². The summed E-state index contributed by atoms with van der Waals surface area (Å²) in [5, 5.41) is 14.0. The number of halogens is 1. The van der Waals surface area contributed by atoms with E-state index < -0.39 is 0 Å². The summed E-state index contributed by atoms with van der Waals surface area (Å²) in [5.74, 6) is 0. The van der Waals surface area contributed by atoms with E-state index in [4.69, 9.17) is 11.6 Å². The van der Waals surface area contributed by atoms with Gasteiger partial charge in [-0.25, -0.2) is 0 Å². The Morgan fingerprint density at radius 1 is 1.28 bits per heavy atom. The first-order chi connectivity index (χ1) is 8.65. The standard InChI is InChI=1S/C15H22ClNO/c1-12-9-14(16)6-5-13(12)10-17-15(11-18)7-3-2-4-8-15/h5-6,9,17-18H,2-4,7-8,10-11H2,1H3. The molecule has 2 N–H and O–H groups in total. The highest BCUT2D eigenvalue weighted by molar-refractivity contribution is 6.30. The molecule has 0 unspecified atom stereocenters. The van der Waals surface area contributed by atoms with Crippen molar-refractivity contribution in [1.82, 2.24) is 5.32 Å². The van der Waals surface area contributed by atoms with Crippen LogP contribution in [0.1, 0.15) is 43.2 Å². The summed E-state index contributed by atoms with van der Waals surface area (Å²) >= 11 is 5.96. The monoisotopic (exact) mass is 267 g/mol. The molecular formula is C15H22ClNO. The summed E-state index contributed by atoms with van der Waals surface area (Å²) in [6.45, 7) is 3.12. The highest BCUT2D eigenvalue weighted by Crippen LogP contribution is 2.28. The third-order valence-corrected chi connectivity index (χ3v) is 4.31. The second-order valence-electron chi connectivity index (χ2n) is 5.42. The minimum atomic E-state index is -0.0652. The fourth-order valence-corrected chi connectivity index (χ4v) is 2.99.